The molecule has 0 bridgehead atoms. The Hall–Kier alpha value is -1.29. The molecule has 0 aromatic carbocycles. The fraction of sp³-hybridized carbons (Fsp3) is 0.545. The minimum atomic E-state index is -0.866. The molecule has 86 valence electrons. The van der Waals surface area contributed by atoms with Crippen LogP contribution >= 0.6 is 0 Å². The van der Waals surface area contributed by atoms with Gasteiger partial charge in [-0.1, -0.05) is 12.2 Å². The Balaban J connectivity index is 3.46. The number of alkyl carbamates (subject to hydrolysis) is 1. The average Bonchev–Trinajstić information content (AvgIpc) is 2.21. The number of allylic oxidation sites excluding steroid dienone is 2. The van der Waals surface area contributed by atoms with Crippen LogP contribution in [0.25, 0.3) is 0 Å². The summed E-state index contributed by atoms with van der Waals surface area (Å²) < 4.78 is 4.81. The van der Waals surface area contributed by atoms with Gasteiger partial charge >= 0.3 is 6.09 Å². The molecule has 15 heavy (non-hydrogen) atoms. The van der Waals surface area contributed by atoms with Gasteiger partial charge in [0.2, 0.25) is 0 Å². The van der Waals surface area contributed by atoms with Crippen molar-refractivity contribution in [2.75, 3.05) is 6.61 Å². The molecule has 1 unspecified atom stereocenters. The lowest BCUT2D eigenvalue weighted by atomic mass is 10.3. The molecule has 4 heteroatoms. The van der Waals surface area contributed by atoms with E-state index in [-0.39, 0.29) is 0 Å². The molecule has 0 aliphatic rings. The molecule has 0 heterocycles. The summed E-state index contributed by atoms with van der Waals surface area (Å²) in [5.74, 6) is 0. The van der Waals surface area contributed by atoms with Gasteiger partial charge in [-0.25, -0.2) is 4.79 Å². The molecule has 1 amide bonds. The van der Waals surface area contributed by atoms with Crippen molar-refractivity contribution >= 4 is 6.09 Å². The minimum Gasteiger partial charge on any atom is -0.449 e. The van der Waals surface area contributed by atoms with Gasteiger partial charge in [-0.3, -0.25) is 5.32 Å². The number of hydrogen-bond donors (Lipinski definition) is 2. The molecule has 0 spiro atoms. The molecule has 0 aromatic rings. The lowest BCUT2D eigenvalue weighted by Gasteiger charge is -2.11. The standard InChI is InChI=1S/C11H19NO3/c1-3-5-7-9-15-11(14)12-10(13)8-6-4-2/h3-4,10,13H,1-2,5-9H2,(H,12,14). The highest BCUT2D eigenvalue weighted by atomic mass is 16.5. The van der Waals surface area contributed by atoms with E-state index in [0.29, 0.717) is 19.4 Å². The summed E-state index contributed by atoms with van der Waals surface area (Å²) in [6, 6.07) is 0. The second kappa shape index (κ2) is 9.27. The van der Waals surface area contributed by atoms with Crippen LogP contribution in [0.4, 0.5) is 4.79 Å². The molecule has 0 aromatic heterocycles. The van der Waals surface area contributed by atoms with Crippen LogP contribution in [0.2, 0.25) is 0 Å². The molecule has 0 saturated carbocycles. The molecule has 0 aliphatic heterocycles. The van der Waals surface area contributed by atoms with Crippen LogP contribution in [0.5, 0.6) is 0 Å². The van der Waals surface area contributed by atoms with Crippen molar-refractivity contribution in [1.82, 2.24) is 5.32 Å². The van der Waals surface area contributed by atoms with E-state index >= 15 is 0 Å². The normalized spacial score (nSPS) is 11.5. The molecule has 0 rings (SSSR count). The lowest BCUT2D eigenvalue weighted by molar-refractivity contribution is 0.0942. The minimum absolute atomic E-state index is 0.339. The largest absolute Gasteiger partial charge is 0.449 e. The van der Waals surface area contributed by atoms with Crippen molar-refractivity contribution in [1.29, 1.82) is 0 Å². The van der Waals surface area contributed by atoms with Crippen molar-refractivity contribution in [2.45, 2.75) is 31.9 Å². The van der Waals surface area contributed by atoms with Gasteiger partial charge in [-0.15, -0.1) is 13.2 Å². The number of unbranched alkanes of at least 4 members (excludes halogenated alkanes) is 1. The first-order valence-corrected chi connectivity index (χ1v) is 5.04. The summed E-state index contributed by atoms with van der Waals surface area (Å²) in [5.41, 5.74) is 0. The lowest BCUT2D eigenvalue weighted by Crippen LogP contribution is -2.35. The third-order valence-corrected chi connectivity index (χ3v) is 1.71. The van der Waals surface area contributed by atoms with Gasteiger partial charge in [0.1, 0.15) is 6.23 Å². The van der Waals surface area contributed by atoms with Gasteiger partial charge in [0.15, 0.2) is 0 Å². The molecular formula is C11H19NO3. The molecule has 0 aliphatic carbocycles. The zero-order chi connectivity index (χ0) is 11.5. The molecule has 4 nitrogen and oxygen atoms in total. The number of ether oxygens (including phenoxy) is 1. The zero-order valence-corrected chi connectivity index (χ0v) is 8.95. The predicted molar refractivity (Wildman–Crippen MR) is 59.4 cm³/mol. The Bertz CT molecular complexity index is 204. The van der Waals surface area contributed by atoms with E-state index in [1.54, 1.807) is 12.2 Å². The van der Waals surface area contributed by atoms with Crippen LogP contribution in [0.3, 0.4) is 0 Å². The number of aliphatic hydroxyl groups is 1. The van der Waals surface area contributed by atoms with Crippen molar-refractivity contribution in [3.63, 3.8) is 0 Å². The first-order valence-electron chi connectivity index (χ1n) is 5.04. The van der Waals surface area contributed by atoms with Crippen LogP contribution in [0, 0.1) is 0 Å². The Morgan fingerprint density at radius 1 is 1.40 bits per heavy atom. The van der Waals surface area contributed by atoms with Crippen molar-refractivity contribution in [2.24, 2.45) is 0 Å². The van der Waals surface area contributed by atoms with Crippen molar-refractivity contribution < 1.29 is 14.6 Å². The van der Waals surface area contributed by atoms with E-state index in [2.05, 4.69) is 18.5 Å². The number of rotatable bonds is 8. The molecule has 1 atom stereocenters. The molecule has 0 saturated heterocycles. The molecule has 0 radical (unpaired) electrons. The Morgan fingerprint density at radius 3 is 2.67 bits per heavy atom. The van der Waals surface area contributed by atoms with Gasteiger partial charge in [-0.05, 0) is 25.7 Å². The maximum absolute atomic E-state index is 11.0. The predicted octanol–water partition coefficient (Wildman–Crippen LogP) is 1.96. The highest BCUT2D eigenvalue weighted by Crippen LogP contribution is 1.96. The number of hydrogen-bond acceptors (Lipinski definition) is 3. The van der Waals surface area contributed by atoms with Gasteiger partial charge in [-0.2, -0.15) is 0 Å². The van der Waals surface area contributed by atoms with Gasteiger partial charge in [0, 0.05) is 0 Å². The van der Waals surface area contributed by atoms with Crippen LogP contribution in [-0.2, 0) is 4.74 Å². The summed E-state index contributed by atoms with van der Waals surface area (Å²) >= 11 is 0. The van der Waals surface area contributed by atoms with Crippen LogP contribution in [-0.4, -0.2) is 24.0 Å². The first-order chi connectivity index (χ1) is 7.20. The maximum atomic E-state index is 11.0. The van der Waals surface area contributed by atoms with E-state index in [0.717, 1.165) is 12.8 Å². The van der Waals surface area contributed by atoms with Crippen molar-refractivity contribution in [3.8, 4) is 0 Å². The summed E-state index contributed by atoms with van der Waals surface area (Å²) in [7, 11) is 0. The van der Waals surface area contributed by atoms with Crippen molar-refractivity contribution in [3.05, 3.63) is 25.3 Å². The summed E-state index contributed by atoms with van der Waals surface area (Å²) in [4.78, 5) is 11.0. The maximum Gasteiger partial charge on any atom is 0.409 e. The summed E-state index contributed by atoms with van der Waals surface area (Å²) in [6.45, 7) is 7.41. The third kappa shape index (κ3) is 9.02. The number of carbonyl (C=O) groups excluding carboxylic acids is 1. The Kier molecular flexibility index (Phi) is 8.47. The molecule has 2 N–H and O–H groups in total. The van der Waals surface area contributed by atoms with Gasteiger partial charge in [0.05, 0.1) is 6.61 Å². The highest BCUT2D eigenvalue weighted by Gasteiger charge is 2.07. The Labute approximate surface area is 90.6 Å². The van der Waals surface area contributed by atoms with E-state index in [1.807, 2.05) is 0 Å². The fourth-order valence-corrected chi connectivity index (χ4v) is 0.918. The van der Waals surface area contributed by atoms with E-state index in [1.165, 1.54) is 0 Å². The molecular weight excluding hydrogens is 194 g/mol. The number of carbonyl (C=O) groups is 1. The highest BCUT2D eigenvalue weighted by molar-refractivity contribution is 5.67. The second-order valence-corrected chi connectivity index (χ2v) is 3.09. The molecule has 0 fully saturated rings. The third-order valence-electron chi connectivity index (χ3n) is 1.71. The van der Waals surface area contributed by atoms with Gasteiger partial charge < -0.3 is 9.84 Å². The fourth-order valence-electron chi connectivity index (χ4n) is 0.918. The quantitative estimate of drug-likeness (QED) is 0.368. The van der Waals surface area contributed by atoms with Gasteiger partial charge in [0.25, 0.3) is 0 Å². The van der Waals surface area contributed by atoms with E-state index < -0.39 is 12.3 Å². The van der Waals surface area contributed by atoms with Crippen LogP contribution in [0.15, 0.2) is 25.3 Å². The SMILES string of the molecule is C=CCCCOC(=O)NC(O)CCC=C. The number of aliphatic hydroxyl groups excluding tert-OH is 1. The monoisotopic (exact) mass is 213 g/mol. The number of amides is 1. The van der Waals surface area contributed by atoms with Crippen LogP contribution < -0.4 is 5.32 Å². The number of nitrogens with one attached hydrogen (secondary N) is 1. The zero-order valence-electron chi connectivity index (χ0n) is 8.95. The average molecular weight is 213 g/mol. The summed E-state index contributed by atoms with van der Waals surface area (Å²) in [6.07, 6.45) is 4.65. The second-order valence-electron chi connectivity index (χ2n) is 3.09. The van der Waals surface area contributed by atoms with E-state index in [9.17, 15) is 9.90 Å². The summed E-state index contributed by atoms with van der Waals surface area (Å²) in [5, 5.41) is 11.6. The van der Waals surface area contributed by atoms with Crippen LogP contribution in [0.1, 0.15) is 25.7 Å². The van der Waals surface area contributed by atoms with E-state index in [4.69, 9.17) is 4.74 Å². The Morgan fingerprint density at radius 2 is 2.07 bits per heavy atom. The topological polar surface area (TPSA) is 58.6 Å². The smallest absolute Gasteiger partial charge is 0.409 e. The first kappa shape index (κ1) is 13.7.